The third-order valence-corrected chi connectivity index (χ3v) is 15.3. The van der Waals surface area contributed by atoms with Crippen LogP contribution in [0, 0.1) is 28.6 Å². The van der Waals surface area contributed by atoms with Gasteiger partial charge in [-0.05, 0) is 111 Å². The molecular weight excluding hydrogens is 745 g/mol. The first-order valence-electron chi connectivity index (χ1n) is 21.2. The number of amidine groups is 2. The van der Waals surface area contributed by atoms with Crippen molar-refractivity contribution in [2.24, 2.45) is 32.7 Å². The van der Waals surface area contributed by atoms with Crippen molar-refractivity contribution in [3.05, 3.63) is 82.4 Å². The first kappa shape index (κ1) is 39.0. The first-order valence-corrected chi connectivity index (χ1v) is 22.0. The molecule has 3 aliphatic heterocycles. The van der Waals surface area contributed by atoms with Crippen molar-refractivity contribution >= 4 is 43.9 Å². The van der Waals surface area contributed by atoms with E-state index in [2.05, 4.69) is 47.8 Å². The van der Waals surface area contributed by atoms with Crippen LogP contribution in [0.5, 0.6) is 0 Å². The Hall–Kier alpha value is -4.46. The summed E-state index contributed by atoms with van der Waals surface area (Å²) in [4.78, 5) is 11.2. The minimum atomic E-state index is -0.308. The third-order valence-electron chi connectivity index (χ3n) is 14.4. The number of rotatable bonds is 10. The Morgan fingerprint density at radius 2 is 1.79 bits per heavy atom. The number of aliphatic hydroxyl groups excluding tert-OH is 1. The van der Waals surface area contributed by atoms with Crippen molar-refractivity contribution in [2.75, 3.05) is 39.8 Å². The van der Waals surface area contributed by atoms with E-state index in [1.165, 1.54) is 56.5 Å². The molecule has 4 aliphatic carbocycles. The summed E-state index contributed by atoms with van der Waals surface area (Å²) in [6.07, 6.45) is 17.2. The fourth-order valence-electron chi connectivity index (χ4n) is 12.9. The van der Waals surface area contributed by atoms with E-state index in [-0.39, 0.29) is 27.7 Å². The van der Waals surface area contributed by atoms with Gasteiger partial charge in [0.15, 0.2) is 0 Å². The fourth-order valence-corrected chi connectivity index (χ4v) is 13.7. The lowest BCUT2D eigenvalue weighted by Crippen LogP contribution is -2.64. The molecule has 7 aliphatic rings. The lowest BCUT2D eigenvalue weighted by Gasteiger charge is -2.69. The number of hydrogen-bond donors (Lipinski definition) is 5. The Bertz CT molecular complexity index is 2270. The molecule has 0 radical (unpaired) electrons. The molecule has 0 amide bonds. The summed E-state index contributed by atoms with van der Waals surface area (Å²) in [6, 6.07) is 7.93. The molecule has 4 saturated carbocycles. The zero-order chi connectivity index (χ0) is 40.7. The minimum absolute atomic E-state index is 0.0655. The second kappa shape index (κ2) is 14.1. The third kappa shape index (κ3) is 7.06. The number of likely N-dealkylation sites (tertiary alicyclic amines) is 2. The van der Waals surface area contributed by atoms with Gasteiger partial charge in [0.25, 0.3) is 0 Å². The highest BCUT2D eigenvalue weighted by Crippen LogP contribution is 2.72. The largest absolute Gasteiger partial charge is 0.493 e. The summed E-state index contributed by atoms with van der Waals surface area (Å²) in [7, 11) is 2.41. The number of aromatic nitrogens is 3. The van der Waals surface area contributed by atoms with Gasteiger partial charge in [0.2, 0.25) is 11.0 Å². The molecule has 10 rings (SSSR count). The maximum absolute atomic E-state index is 10.9. The number of dihydropyridines is 1. The lowest BCUT2D eigenvalue weighted by molar-refractivity contribution is -0.898. The van der Waals surface area contributed by atoms with Crippen LogP contribution in [0.4, 0.5) is 5.13 Å². The number of nitrogens with one attached hydrogen (secondary N) is 2. The van der Waals surface area contributed by atoms with E-state index < -0.39 is 0 Å². The highest BCUT2D eigenvalue weighted by molar-refractivity contribution is 7.22. The number of quaternary nitrogens is 1. The summed E-state index contributed by atoms with van der Waals surface area (Å²) in [5.41, 5.74) is 19.0. The maximum atomic E-state index is 10.9. The molecule has 0 spiro atoms. The van der Waals surface area contributed by atoms with Crippen LogP contribution in [-0.4, -0.2) is 86.4 Å². The zero-order valence-corrected chi connectivity index (χ0v) is 35.8. The number of benzene rings is 1. The highest BCUT2D eigenvalue weighted by Gasteiger charge is 2.66. The Morgan fingerprint density at radius 3 is 2.52 bits per heavy atom. The topological polar surface area (TPSA) is 164 Å². The molecule has 2 atom stereocenters. The van der Waals surface area contributed by atoms with E-state index in [4.69, 9.17) is 21.3 Å². The molecule has 2 saturated heterocycles. The molecule has 1 aromatic carbocycles. The van der Waals surface area contributed by atoms with Crippen molar-refractivity contribution in [3.63, 3.8) is 0 Å². The van der Waals surface area contributed by atoms with Gasteiger partial charge in [-0.15, -0.1) is 0 Å². The van der Waals surface area contributed by atoms with Gasteiger partial charge in [0.05, 0.1) is 48.8 Å². The number of allylic oxidation sites excluding steroid dienone is 3. The average Bonchev–Trinajstić information content (AvgIpc) is 3.87. The normalized spacial score (nSPS) is 32.4. The van der Waals surface area contributed by atoms with Crippen LogP contribution in [0.15, 0.2) is 76.2 Å². The van der Waals surface area contributed by atoms with E-state index in [0.717, 1.165) is 88.1 Å². The van der Waals surface area contributed by atoms with E-state index in [1.54, 1.807) is 0 Å². The van der Waals surface area contributed by atoms with Crippen molar-refractivity contribution in [1.82, 2.24) is 25.0 Å². The van der Waals surface area contributed by atoms with E-state index >= 15 is 0 Å². The van der Waals surface area contributed by atoms with Gasteiger partial charge < -0.3 is 36.0 Å². The van der Waals surface area contributed by atoms with Crippen molar-refractivity contribution in [3.8, 4) is 0 Å². The van der Waals surface area contributed by atoms with E-state index in [9.17, 15) is 10.5 Å². The molecule has 6 fully saturated rings. The number of aliphatic hydroxyl groups is 1. The quantitative estimate of drug-likeness (QED) is 0.0601. The van der Waals surface area contributed by atoms with Gasteiger partial charge >= 0.3 is 0 Å². The number of hydrogen-bond acceptors (Lipinski definition) is 9. The van der Waals surface area contributed by atoms with Crippen LogP contribution in [0.3, 0.4) is 0 Å². The van der Waals surface area contributed by atoms with Crippen molar-refractivity contribution in [1.29, 1.82) is 5.41 Å². The molecule has 4 bridgehead atoms. The van der Waals surface area contributed by atoms with Gasteiger partial charge in [-0.1, -0.05) is 37.3 Å². The summed E-state index contributed by atoms with van der Waals surface area (Å²) < 4.78 is 11.5. The number of thiazole rings is 1. The van der Waals surface area contributed by atoms with Gasteiger partial charge in [-0.2, -0.15) is 5.10 Å². The van der Waals surface area contributed by atoms with E-state index in [0.29, 0.717) is 41.3 Å². The molecular formula is C45H61N10O2S+. The van der Waals surface area contributed by atoms with Gasteiger partial charge in [-0.25, -0.2) is 9.98 Å². The first-order chi connectivity index (χ1) is 27.6. The number of likely N-dealkylation sites (N-methyl/N-ethyl adjacent to an activating group) is 1. The summed E-state index contributed by atoms with van der Waals surface area (Å²) >= 11 is 1.49. The Labute approximate surface area is 346 Å². The van der Waals surface area contributed by atoms with Crippen molar-refractivity contribution in [2.45, 2.75) is 104 Å². The smallest absolute Gasteiger partial charge is 0.212 e. The van der Waals surface area contributed by atoms with Crippen LogP contribution < -0.4 is 16.8 Å². The standard InChI is InChI=1S/C45H60N10O2S/c1-29(38(46)52-41-50-34-12-6-7-13-35(34)58-41)31-11-10-16-53(39(31)47)36-15-14-32(37(51-36)40(48)56)33-21-49-54(30(33)2)28-44-23-42(3)22-43(4,24-44)26-45(25-42,27-44)57-20-19-55(5)17-8-9-18-55/h6-7,12-15,21H,8-11,16-20,22-28H2,1-5H3,(H6-,46,47,48,50,51,52,56)/p+1. The molecule has 2 unspecified atom stereocenters. The molecule has 58 heavy (non-hydrogen) atoms. The van der Waals surface area contributed by atoms with Crippen LogP contribution in [0.2, 0.25) is 0 Å². The van der Waals surface area contributed by atoms with Gasteiger partial charge in [0.1, 0.15) is 29.7 Å². The second-order valence-corrected chi connectivity index (χ2v) is 20.7. The minimum Gasteiger partial charge on any atom is -0.493 e. The molecule has 5 heterocycles. The number of piperidine rings is 1. The monoisotopic (exact) mass is 805 g/mol. The van der Waals surface area contributed by atoms with E-state index in [1.807, 2.05) is 54.4 Å². The number of nitrogens with zero attached hydrogens (tertiary/aromatic N) is 6. The van der Waals surface area contributed by atoms with Gasteiger partial charge in [-0.3, -0.25) is 10.1 Å². The number of ether oxygens (including phenoxy) is 1. The maximum Gasteiger partial charge on any atom is 0.212 e. The molecule has 308 valence electrons. The van der Waals surface area contributed by atoms with Crippen molar-refractivity contribution < 1.29 is 14.3 Å². The number of para-hydroxylation sites is 1. The van der Waals surface area contributed by atoms with Gasteiger partial charge in [0, 0.05) is 48.3 Å². The molecule has 7 N–H and O–H groups in total. The van der Waals surface area contributed by atoms with Crippen LogP contribution >= 0.6 is 11.3 Å². The predicted octanol–water partition coefficient (Wildman–Crippen LogP) is 7.77. The number of fused-ring (bicyclic) bond motifs is 1. The van der Waals surface area contributed by atoms with Crippen LogP contribution in [0.1, 0.15) is 96.2 Å². The molecule has 12 nitrogen and oxygen atoms in total. The molecule has 3 aromatic rings. The zero-order valence-electron chi connectivity index (χ0n) is 35.0. The lowest BCUT2D eigenvalue weighted by atomic mass is 9.39. The Kier molecular flexibility index (Phi) is 9.48. The summed E-state index contributed by atoms with van der Waals surface area (Å²) in [5, 5.41) is 29.2. The average molecular weight is 806 g/mol. The Morgan fingerprint density at radius 1 is 1.05 bits per heavy atom. The Balaban J connectivity index is 0.949. The predicted molar refractivity (Wildman–Crippen MR) is 232 cm³/mol. The highest BCUT2D eigenvalue weighted by atomic mass is 32.1. The van der Waals surface area contributed by atoms with Crippen LogP contribution in [-0.2, 0) is 11.3 Å². The summed E-state index contributed by atoms with van der Waals surface area (Å²) in [5.74, 6) is 1.05. The molecule has 2 aromatic heterocycles. The summed E-state index contributed by atoms with van der Waals surface area (Å²) in [6.45, 7) is 15.1. The van der Waals surface area contributed by atoms with Crippen LogP contribution in [0.25, 0.3) is 15.8 Å². The number of aliphatic imine (C=N–C) groups is 1. The fraction of sp³-hybridized carbons (Fsp3) is 0.556. The number of nitrogens with two attached hydrogens (primary N) is 2. The second-order valence-electron chi connectivity index (χ2n) is 19.7. The SMILES string of the molecule is CC(/C(N)=N/c1nc2ccccc2s1)=C1\CCCN(C2=CC=C(c3cnn(CC45CC6(C)CC(C)(C4)CC(OCC[N+]4(C)CCCC4)(C6)C5)c3C)/C(=C(/N)O)N2)C1=N. The molecule has 13 heteroatoms.